The molecule has 0 radical (unpaired) electrons. The second kappa shape index (κ2) is 7.83. The van der Waals surface area contributed by atoms with Crippen molar-refractivity contribution in [2.24, 2.45) is 0 Å². The molecule has 5 nitrogen and oxygen atoms in total. The maximum absolute atomic E-state index is 12.7. The second-order valence-electron chi connectivity index (χ2n) is 5.89. The summed E-state index contributed by atoms with van der Waals surface area (Å²) in [7, 11) is 0. The Morgan fingerprint density at radius 2 is 2.25 bits per heavy atom. The molecule has 1 aliphatic heterocycles. The molecule has 1 aromatic heterocycles. The van der Waals surface area contributed by atoms with Crippen molar-refractivity contribution in [3.8, 4) is 0 Å². The van der Waals surface area contributed by atoms with Gasteiger partial charge in [0.1, 0.15) is 11.9 Å². The molecule has 2 atom stereocenters. The van der Waals surface area contributed by atoms with Crippen LogP contribution in [0.2, 0.25) is 5.02 Å². The number of hydrogen-bond acceptors (Lipinski definition) is 4. The van der Waals surface area contributed by atoms with Crippen LogP contribution in [0.5, 0.6) is 0 Å². The van der Waals surface area contributed by atoms with Gasteiger partial charge >= 0.3 is 0 Å². The van der Waals surface area contributed by atoms with Gasteiger partial charge in [-0.15, -0.1) is 0 Å². The Hall–Kier alpha value is -1.82. The predicted molar refractivity (Wildman–Crippen MR) is 89.8 cm³/mol. The molecule has 0 aliphatic carbocycles. The number of carbonyl (C=O) groups excluding carboxylic acids is 1. The Morgan fingerprint density at radius 3 is 3.00 bits per heavy atom. The monoisotopic (exact) mass is 349 g/mol. The summed E-state index contributed by atoms with van der Waals surface area (Å²) in [6.07, 6.45) is 1.44. The van der Waals surface area contributed by atoms with Crippen molar-refractivity contribution in [2.45, 2.75) is 25.0 Å². The quantitative estimate of drug-likeness (QED) is 0.901. The van der Waals surface area contributed by atoms with Crippen molar-refractivity contribution in [3.05, 3.63) is 59.0 Å². The van der Waals surface area contributed by atoms with Crippen LogP contribution in [0.3, 0.4) is 0 Å². The third kappa shape index (κ3) is 4.17. The first-order valence-corrected chi connectivity index (χ1v) is 8.34. The number of aliphatic hydroxyl groups is 1. The summed E-state index contributed by atoms with van der Waals surface area (Å²) in [5, 5.41) is 10.9. The Morgan fingerprint density at radius 1 is 1.38 bits per heavy atom. The van der Waals surface area contributed by atoms with Crippen molar-refractivity contribution in [3.63, 3.8) is 0 Å². The van der Waals surface area contributed by atoms with E-state index in [1.807, 2.05) is 12.1 Å². The summed E-state index contributed by atoms with van der Waals surface area (Å²) in [5.74, 6) is 0.514. The van der Waals surface area contributed by atoms with Crippen LogP contribution in [0.4, 0.5) is 0 Å². The van der Waals surface area contributed by atoms with Crippen LogP contribution in [0, 0.1) is 0 Å². The molecule has 0 saturated carbocycles. The molecule has 0 bridgehead atoms. The van der Waals surface area contributed by atoms with Crippen LogP contribution in [0.15, 0.2) is 47.1 Å². The number of amides is 1. The molecule has 2 aromatic rings. The summed E-state index contributed by atoms with van der Waals surface area (Å²) < 4.78 is 10.7. The van der Waals surface area contributed by atoms with E-state index in [2.05, 4.69) is 0 Å². The van der Waals surface area contributed by atoms with Gasteiger partial charge in [0, 0.05) is 18.0 Å². The van der Waals surface area contributed by atoms with Gasteiger partial charge in [0.05, 0.1) is 31.9 Å². The van der Waals surface area contributed by atoms with Crippen LogP contribution in [0.1, 0.15) is 23.8 Å². The lowest BCUT2D eigenvalue weighted by Gasteiger charge is -2.36. The molecule has 1 aromatic carbocycles. The molecule has 1 N–H and O–H groups in total. The van der Waals surface area contributed by atoms with Crippen LogP contribution in [-0.4, -0.2) is 41.7 Å². The number of aliphatic hydroxyl groups excluding tert-OH is 1. The first kappa shape index (κ1) is 17.0. The fourth-order valence-corrected chi connectivity index (χ4v) is 3.17. The van der Waals surface area contributed by atoms with Gasteiger partial charge in [0.2, 0.25) is 5.91 Å². The fraction of sp³-hybridized carbons (Fsp3) is 0.389. The Labute approximate surface area is 145 Å². The van der Waals surface area contributed by atoms with Crippen molar-refractivity contribution in [1.82, 2.24) is 4.90 Å². The second-order valence-corrected chi connectivity index (χ2v) is 6.33. The van der Waals surface area contributed by atoms with Crippen LogP contribution in [-0.2, 0) is 16.0 Å². The molecule has 0 spiro atoms. The molecule has 1 amide bonds. The zero-order valence-electron chi connectivity index (χ0n) is 13.2. The normalized spacial score (nSPS) is 19.2. The van der Waals surface area contributed by atoms with Gasteiger partial charge in [-0.3, -0.25) is 4.79 Å². The number of carbonyl (C=O) groups is 1. The number of rotatable bonds is 5. The highest BCUT2D eigenvalue weighted by Gasteiger charge is 2.30. The predicted octanol–water partition coefficient (Wildman–Crippen LogP) is 2.83. The summed E-state index contributed by atoms with van der Waals surface area (Å²) in [6.45, 7) is 1.45. The zero-order chi connectivity index (χ0) is 16.9. The van der Waals surface area contributed by atoms with E-state index in [0.29, 0.717) is 37.0 Å². The lowest BCUT2D eigenvalue weighted by Crippen LogP contribution is -2.49. The van der Waals surface area contributed by atoms with Gasteiger partial charge in [-0.05, 0) is 29.8 Å². The smallest absolute Gasteiger partial charge is 0.227 e. The van der Waals surface area contributed by atoms with Gasteiger partial charge in [-0.25, -0.2) is 0 Å². The molecule has 128 valence electrons. The molecular weight excluding hydrogens is 330 g/mol. The van der Waals surface area contributed by atoms with Crippen molar-refractivity contribution in [2.75, 3.05) is 19.8 Å². The van der Waals surface area contributed by atoms with Crippen LogP contribution in [0.25, 0.3) is 0 Å². The number of furan rings is 1. The van der Waals surface area contributed by atoms with Crippen LogP contribution < -0.4 is 0 Å². The third-order valence-electron chi connectivity index (χ3n) is 4.16. The molecule has 1 aliphatic rings. The number of benzene rings is 1. The minimum absolute atomic E-state index is 0.0113. The largest absolute Gasteiger partial charge is 0.467 e. The number of halogens is 1. The number of ether oxygens (including phenoxy) is 1. The van der Waals surface area contributed by atoms with Gasteiger partial charge in [0.15, 0.2) is 0 Å². The van der Waals surface area contributed by atoms with E-state index in [-0.39, 0.29) is 18.4 Å². The SMILES string of the molecule is O=C(Cc1cccc(Cl)c1)N1CCOCC1CC(O)c1ccco1. The fourth-order valence-electron chi connectivity index (χ4n) is 2.96. The summed E-state index contributed by atoms with van der Waals surface area (Å²) in [4.78, 5) is 14.5. The Bertz CT molecular complexity index is 673. The van der Waals surface area contributed by atoms with Gasteiger partial charge < -0.3 is 19.2 Å². The summed E-state index contributed by atoms with van der Waals surface area (Å²) >= 11 is 5.98. The molecule has 6 heteroatoms. The topological polar surface area (TPSA) is 62.9 Å². The molecule has 1 fully saturated rings. The van der Waals surface area contributed by atoms with E-state index in [0.717, 1.165) is 5.56 Å². The molecule has 2 heterocycles. The maximum atomic E-state index is 12.7. The van der Waals surface area contributed by atoms with Crippen molar-refractivity contribution >= 4 is 17.5 Å². The highest BCUT2D eigenvalue weighted by atomic mass is 35.5. The van der Waals surface area contributed by atoms with Crippen LogP contribution >= 0.6 is 11.6 Å². The molecule has 2 unspecified atom stereocenters. The summed E-state index contributed by atoms with van der Waals surface area (Å²) in [5.41, 5.74) is 0.879. The number of morpholine rings is 1. The van der Waals surface area contributed by atoms with Crippen molar-refractivity contribution < 1.29 is 19.1 Å². The molecule has 3 rings (SSSR count). The van der Waals surface area contributed by atoms with E-state index >= 15 is 0 Å². The molecular formula is C18H20ClNO4. The lowest BCUT2D eigenvalue weighted by atomic mass is 10.0. The van der Waals surface area contributed by atoms with E-state index in [4.69, 9.17) is 20.8 Å². The first-order chi connectivity index (χ1) is 11.6. The Balaban J connectivity index is 1.66. The lowest BCUT2D eigenvalue weighted by molar-refractivity contribution is -0.140. The first-order valence-electron chi connectivity index (χ1n) is 7.96. The minimum atomic E-state index is -0.756. The van der Waals surface area contributed by atoms with E-state index in [9.17, 15) is 9.90 Å². The minimum Gasteiger partial charge on any atom is -0.467 e. The highest BCUT2D eigenvalue weighted by Crippen LogP contribution is 2.23. The zero-order valence-corrected chi connectivity index (χ0v) is 14.0. The van der Waals surface area contributed by atoms with Gasteiger partial charge in [-0.1, -0.05) is 23.7 Å². The maximum Gasteiger partial charge on any atom is 0.227 e. The average molecular weight is 350 g/mol. The highest BCUT2D eigenvalue weighted by molar-refractivity contribution is 6.30. The van der Waals surface area contributed by atoms with Crippen molar-refractivity contribution in [1.29, 1.82) is 0 Å². The standard InChI is InChI=1S/C18H20ClNO4/c19-14-4-1-3-13(9-14)10-18(22)20-6-8-23-12-15(20)11-16(21)17-5-2-7-24-17/h1-5,7,9,15-16,21H,6,8,10-12H2. The summed E-state index contributed by atoms with van der Waals surface area (Å²) in [6, 6.07) is 10.6. The number of hydrogen-bond donors (Lipinski definition) is 1. The van der Waals surface area contributed by atoms with Gasteiger partial charge in [-0.2, -0.15) is 0 Å². The third-order valence-corrected chi connectivity index (χ3v) is 4.39. The van der Waals surface area contributed by atoms with E-state index < -0.39 is 6.10 Å². The molecule has 1 saturated heterocycles. The number of nitrogens with zero attached hydrogens (tertiary/aromatic N) is 1. The van der Waals surface area contributed by atoms with E-state index in [1.165, 1.54) is 6.26 Å². The van der Waals surface area contributed by atoms with E-state index in [1.54, 1.807) is 29.2 Å². The molecule has 24 heavy (non-hydrogen) atoms. The average Bonchev–Trinajstić information content (AvgIpc) is 3.10. The van der Waals surface area contributed by atoms with Gasteiger partial charge in [0.25, 0.3) is 0 Å². The Kier molecular flexibility index (Phi) is 5.56.